The molecule has 196 valence electrons. The van der Waals surface area contributed by atoms with Crippen LogP contribution in [0, 0.1) is 17.3 Å². The minimum Gasteiger partial charge on any atom is -0.462 e. The van der Waals surface area contributed by atoms with Crippen LogP contribution in [0.3, 0.4) is 0 Å². The first-order valence-corrected chi connectivity index (χ1v) is 12.9. The zero-order valence-corrected chi connectivity index (χ0v) is 21.7. The quantitative estimate of drug-likeness (QED) is 0.527. The molecule has 2 aliphatic heterocycles. The molecule has 2 N–H and O–H groups in total. The number of likely N-dealkylation sites (N-methyl/N-ethyl adjacent to an activating group) is 1. The van der Waals surface area contributed by atoms with E-state index in [4.69, 9.17) is 4.74 Å². The number of hydrogen-bond acceptors (Lipinski definition) is 6. The van der Waals surface area contributed by atoms with Gasteiger partial charge in [0.15, 0.2) is 0 Å². The van der Waals surface area contributed by atoms with Crippen LogP contribution in [0.2, 0.25) is 0 Å². The molecule has 0 aromatic carbocycles. The molecule has 4 aliphatic rings. The Morgan fingerprint density at radius 2 is 1.91 bits per heavy atom. The fraction of sp³-hybridized carbons (Fsp3) is 0.769. The van der Waals surface area contributed by atoms with Crippen LogP contribution in [0.25, 0.3) is 0 Å². The molecule has 0 aromatic rings. The van der Waals surface area contributed by atoms with Crippen molar-refractivity contribution in [2.75, 3.05) is 13.6 Å². The Morgan fingerprint density at radius 3 is 2.46 bits per heavy atom. The zero-order chi connectivity index (χ0) is 25.8. The van der Waals surface area contributed by atoms with Crippen LogP contribution in [0.4, 0.5) is 8.78 Å². The van der Waals surface area contributed by atoms with Crippen molar-refractivity contribution in [2.24, 2.45) is 17.3 Å². The fourth-order valence-corrected chi connectivity index (χ4v) is 6.02. The highest BCUT2D eigenvalue weighted by Gasteiger charge is 2.55. The molecule has 7 nitrogen and oxygen atoms in total. The number of nitrogens with one attached hydrogen (secondary N) is 2. The Balaban J connectivity index is 1.43. The maximum absolute atomic E-state index is 13.3. The van der Waals surface area contributed by atoms with E-state index in [0.29, 0.717) is 19.4 Å². The summed E-state index contributed by atoms with van der Waals surface area (Å²) in [5.74, 6) is -3.56. The van der Waals surface area contributed by atoms with Gasteiger partial charge in [-0.2, -0.15) is 0 Å². The van der Waals surface area contributed by atoms with Gasteiger partial charge in [0.2, 0.25) is 11.8 Å². The van der Waals surface area contributed by atoms with Crippen molar-refractivity contribution in [3.8, 4) is 0 Å². The molecule has 1 unspecified atom stereocenters. The summed E-state index contributed by atoms with van der Waals surface area (Å²) in [7, 11) is 1.84. The van der Waals surface area contributed by atoms with Crippen LogP contribution in [0.5, 0.6) is 0 Å². The van der Waals surface area contributed by atoms with Crippen LogP contribution < -0.4 is 10.7 Å². The maximum Gasteiger partial charge on any atom is 0.309 e. The topological polar surface area (TPSA) is 73.9 Å². The van der Waals surface area contributed by atoms with Crippen molar-refractivity contribution >= 4 is 11.9 Å². The lowest BCUT2D eigenvalue weighted by molar-refractivity contribution is -0.182. The van der Waals surface area contributed by atoms with E-state index in [1.807, 2.05) is 20.2 Å². The molecule has 4 atom stereocenters. The summed E-state index contributed by atoms with van der Waals surface area (Å²) < 4.78 is 31.6. The molecule has 2 aliphatic carbocycles. The molecule has 0 saturated heterocycles. The normalized spacial score (nSPS) is 39.4. The number of halogens is 2. The van der Waals surface area contributed by atoms with Crippen molar-refractivity contribution in [3.63, 3.8) is 0 Å². The van der Waals surface area contributed by atoms with Crippen LogP contribution >= 0.6 is 0 Å². The molecule has 0 radical (unpaired) electrons. The lowest BCUT2D eigenvalue weighted by Gasteiger charge is -2.52. The summed E-state index contributed by atoms with van der Waals surface area (Å²) in [4.78, 5) is 27.2. The largest absolute Gasteiger partial charge is 0.462 e. The lowest BCUT2D eigenvalue weighted by Crippen LogP contribution is -2.67. The molecule has 35 heavy (non-hydrogen) atoms. The number of rotatable bonds is 7. The predicted octanol–water partition coefficient (Wildman–Crippen LogP) is 3.58. The maximum atomic E-state index is 13.3. The molecule has 0 aromatic heterocycles. The smallest absolute Gasteiger partial charge is 0.309 e. The minimum atomic E-state index is -2.72. The van der Waals surface area contributed by atoms with E-state index < -0.39 is 42.2 Å². The first-order valence-electron chi connectivity index (χ1n) is 12.9. The summed E-state index contributed by atoms with van der Waals surface area (Å²) >= 11 is 0. The lowest BCUT2D eigenvalue weighted by atomic mass is 9.67. The summed E-state index contributed by atoms with van der Waals surface area (Å²) in [5.41, 5.74) is 3.82. The van der Waals surface area contributed by atoms with Gasteiger partial charge in [-0.1, -0.05) is 19.9 Å². The molecule has 2 fully saturated rings. The number of hydrogen-bond donors (Lipinski definition) is 2. The summed E-state index contributed by atoms with van der Waals surface area (Å²) in [6, 6.07) is -0.222. The Kier molecular flexibility index (Phi) is 6.81. The summed E-state index contributed by atoms with van der Waals surface area (Å²) in [6.07, 6.45) is 7.56. The molecular weight excluding hydrogens is 454 g/mol. The monoisotopic (exact) mass is 494 g/mol. The number of amides is 1. The molecule has 4 rings (SSSR count). The molecule has 1 amide bonds. The standard InChI is InChI=1S/C26H40F2N4O3/c1-7-20-14-25(5,24(4)8-9-29-17(24)3)32(16(2)22(33)31(20)6)30-15-18-10-21(11-18)35-23(34)19-12-26(27,28)13-19/h8-9,14,16-19,21,29-30H,7,10-13,15H2,1-6H3/t16-,17-,18?,21?,24-,25?/m1/s1. The summed E-state index contributed by atoms with van der Waals surface area (Å²) in [6.45, 7) is 11.2. The van der Waals surface area contributed by atoms with Gasteiger partial charge in [-0.15, -0.1) is 0 Å². The fourth-order valence-electron chi connectivity index (χ4n) is 6.02. The highest BCUT2D eigenvalue weighted by atomic mass is 19.3. The first kappa shape index (κ1) is 26.1. The van der Waals surface area contributed by atoms with E-state index in [0.717, 1.165) is 12.1 Å². The van der Waals surface area contributed by atoms with Gasteiger partial charge < -0.3 is 15.0 Å². The third-order valence-electron chi connectivity index (χ3n) is 9.03. The Morgan fingerprint density at radius 1 is 1.26 bits per heavy atom. The Labute approximate surface area is 207 Å². The van der Waals surface area contributed by atoms with Crippen LogP contribution in [0.1, 0.15) is 66.7 Å². The van der Waals surface area contributed by atoms with Gasteiger partial charge in [-0.05, 0) is 58.2 Å². The number of alkyl halides is 2. The van der Waals surface area contributed by atoms with Crippen molar-refractivity contribution in [1.29, 1.82) is 0 Å². The Hall–Kier alpha value is -2.00. The molecule has 2 saturated carbocycles. The number of carbonyl (C=O) groups is 2. The average Bonchev–Trinajstić information content (AvgIpc) is 3.08. The number of ether oxygens (including phenoxy) is 1. The predicted molar refractivity (Wildman–Crippen MR) is 129 cm³/mol. The molecule has 2 heterocycles. The van der Waals surface area contributed by atoms with Crippen molar-refractivity contribution in [2.45, 2.75) is 96.4 Å². The Bertz CT molecular complexity index is 910. The van der Waals surface area contributed by atoms with Crippen molar-refractivity contribution in [3.05, 3.63) is 24.0 Å². The van der Waals surface area contributed by atoms with Gasteiger partial charge in [0.05, 0.1) is 11.5 Å². The number of allylic oxidation sites excluding steroid dienone is 1. The van der Waals surface area contributed by atoms with Gasteiger partial charge in [-0.3, -0.25) is 15.0 Å². The van der Waals surface area contributed by atoms with E-state index >= 15 is 0 Å². The molecule has 0 spiro atoms. The van der Waals surface area contributed by atoms with Gasteiger partial charge >= 0.3 is 5.97 Å². The van der Waals surface area contributed by atoms with Crippen molar-refractivity contribution in [1.82, 2.24) is 20.7 Å². The van der Waals surface area contributed by atoms with E-state index in [9.17, 15) is 18.4 Å². The van der Waals surface area contributed by atoms with Crippen LogP contribution in [-0.2, 0) is 14.3 Å². The minimum absolute atomic E-state index is 0.0400. The van der Waals surface area contributed by atoms with E-state index in [1.54, 1.807) is 4.90 Å². The third-order valence-corrected chi connectivity index (χ3v) is 9.03. The number of esters is 1. The average molecular weight is 495 g/mol. The SMILES string of the molecule is CCC1=CC(C)([C@]2(C)C=CN[C@@H]2C)N(NCC2CC(OC(=O)C3CC(F)(F)C3)C2)[C@H](C)C(=O)N1C. The van der Waals surface area contributed by atoms with Gasteiger partial charge in [0, 0.05) is 43.6 Å². The number of hydrazine groups is 1. The second-order valence-corrected chi connectivity index (χ2v) is 11.3. The third kappa shape index (κ3) is 4.50. The van der Waals surface area contributed by atoms with Crippen LogP contribution in [-0.4, -0.2) is 65.0 Å². The highest BCUT2D eigenvalue weighted by Crippen LogP contribution is 2.47. The zero-order valence-electron chi connectivity index (χ0n) is 21.7. The van der Waals surface area contributed by atoms with Gasteiger partial charge in [0.25, 0.3) is 0 Å². The second kappa shape index (κ2) is 9.14. The number of nitrogens with zero attached hydrogens (tertiary/aromatic N) is 2. The second-order valence-electron chi connectivity index (χ2n) is 11.3. The summed E-state index contributed by atoms with van der Waals surface area (Å²) in [5, 5.41) is 5.53. The van der Waals surface area contributed by atoms with E-state index in [1.165, 1.54) is 0 Å². The highest BCUT2D eigenvalue weighted by molar-refractivity contribution is 5.83. The van der Waals surface area contributed by atoms with Crippen molar-refractivity contribution < 1.29 is 23.1 Å². The van der Waals surface area contributed by atoms with Gasteiger partial charge in [0.1, 0.15) is 12.1 Å². The van der Waals surface area contributed by atoms with E-state index in [-0.39, 0.29) is 29.4 Å². The van der Waals surface area contributed by atoms with Gasteiger partial charge in [-0.25, -0.2) is 13.8 Å². The van der Waals surface area contributed by atoms with E-state index in [2.05, 4.69) is 55.6 Å². The first-order chi connectivity index (χ1) is 16.3. The molecule has 0 bridgehead atoms. The number of carbonyl (C=O) groups excluding carboxylic acids is 2. The molecule has 9 heteroatoms. The molecular formula is C26H40F2N4O3. The van der Waals surface area contributed by atoms with Crippen LogP contribution in [0.15, 0.2) is 24.0 Å².